The van der Waals surface area contributed by atoms with Crippen molar-refractivity contribution in [2.45, 2.75) is 19.8 Å². The van der Waals surface area contributed by atoms with Crippen LogP contribution in [0.5, 0.6) is 17.2 Å². The van der Waals surface area contributed by atoms with E-state index in [4.69, 9.17) is 13.9 Å². The fraction of sp³-hybridized carbons (Fsp3) is 0.217. The summed E-state index contributed by atoms with van der Waals surface area (Å²) < 4.78 is 17.4. The molecule has 2 heterocycles. The zero-order valence-electron chi connectivity index (χ0n) is 17.3. The van der Waals surface area contributed by atoms with Crippen LogP contribution in [0.15, 0.2) is 58.5 Å². The number of ether oxygens (including phenoxy) is 2. The number of aromatic nitrogens is 3. The first-order valence-corrected chi connectivity index (χ1v) is 11.1. The van der Waals surface area contributed by atoms with Gasteiger partial charge in [-0.1, -0.05) is 0 Å². The van der Waals surface area contributed by atoms with E-state index >= 15 is 0 Å². The van der Waals surface area contributed by atoms with Crippen molar-refractivity contribution in [1.82, 2.24) is 15.2 Å². The number of thiazole rings is 1. The molecule has 4 aromatic rings. The minimum absolute atomic E-state index is 0.274. The average Bonchev–Trinajstić information content (AvgIpc) is 3.30. The molecule has 1 aliphatic carbocycles. The fourth-order valence-corrected chi connectivity index (χ4v) is 3.54. The Morgan fingerprint density at radius 2 is 1.94 bits per heavy atom. The molecular weight excluding hydrogens is 428 g/mol. The van der Waals surface area contributed by atoms with E-state index in [0.29, 0.717) is 52.2 Å². The van der Waals surface area contributed by atoms with E-state index in [1.54, 1.807) is 36.7 Å². The van der Waals surface area contributed by atoms with E-state index in [9.17, 15) is 4.79 Å². The van der Waals surface area contributed by atoms with Gasteiger partial charge in [0.2, 0.25) is 11.8 Å². The molecule has 0 unspecified atom stereocenters. The van der Waals surface area contributed by atoms with Crippen molar-refractivity contribution in [2.75, 3.05) is 11.9 Å². The molecule has 1 aliphatic rings. The first-order valence-electron chi connectivity index (χ1n) is 10.2. The lowest BCUT2D eigenvalue weighted by Crippen LogP contribution is -2.12. The SMILES string of the molecule is Cc1nnc(-c2ccc(Oc3cc(OCC4CC4)cc(C(=O)Nc4nccs4)c3)cc2)o1. The van der Waals surface area contributed by atoms with Gasteiger partial charge in [0, 0.05) is 35.7 Å². The van der Waals surface area contributed by atoms with Gasteiger partial charge in [0.1, 0.15) is 17.2 Å². The minimum atomic E-state index is -0.274. The minimum Gasteiger partial charge on any atom is -0.493 e. The molecule has 8 nitrogen and oxygen atoms in total. The summed E-state index contributed by atoms with van der Waals surface area (Å²) in [5.41, 5.74) is 1.23. The summed E-state index contributed by atoms with van der Waals surface area (Å²) in [6.45, 7) is 2.38. The molecular formula is C23H20N4O4S. The Hall–Kier alpha value is -3.72. The molecule has 1 N–H and O–H groups in total. The summed E-state index contributed by atoms with van der Waals surface area (Å²) in [7, 11) is 0. The Morgan fingerprint density at radius 3 is 2.62 bits per heavy atom. The summed E-state index contributed by atoms with van der Waals surface area (Å²) in [6.07, 6.45) is 4.00. The summed E-state index contributed by atoms with van der Waals surface area (Å²) in [5, 5.41) is 13.0. The molecule has 0 spiro atoms. The van der Waals surface area contributed by atoms with Crippen LogP contribution < -0.4 is 14.8 Å². The highest BCUT2D eigenvalue weighted by molar-refractivity contribution is 7.13. The standard InChI is InChI=1S/C23H20N4O4S/c1-14-26-27-22(30-14)16-4-6-18(7-5-16)31-20-11-17(21(28)25-23-24-8-9-32-23)10-19(12-20)29-13-15-2-3-15/h4-12,15H,2-3,13H2,1H3,(H,24,25,28). The van der Waals surface area contributed by atoms with Crippen LogP contribution in [0.1, 0.15) is 29.1 Å². The third-order valence-electron chi connectivity index (χ3n) is 4.84. The maximum absolute atomic E-state index is 12.7. The van der Waals surface area contributed by atoms with Crippen molar-refractivity contribution >= 4 is 22.4 Å². The van der Waals surface area contributed by atoms with Crippen molar-refractivity contribution in [3.63, 3.8) is 0 Å². The van der Waals surface area contributed by atoms with Crippen molar-refractivity contribution < 1.29 is 18.7 Å². The zero-order chi connectivity index (χ0) is 21.9. The van der Waals surface area contributed by atoms with Gasteiger partial charge in [-0.3, -0.25) is 10.1 Å². The number of carbonyl (C=O) groups is 1. The highest BCUT2D eigenvalue weighted by Gasteiger charge is 2.22. The van der Waals surface area contributed by atoms with Crippen LogP contribution in [0.2, 0.25) is 0 Å². The molecule has 0 saturated heterocycles. The lowest BCUT2D eigenvalue weighted by atomic mass is 10.2. The number of nitrogens with zero attached hydrogens (tertiary/aromatic N) is 3. The van der Waals surface area contributed by atoms with Crippen molar-refractivity contribution in [3.8, 4) is 28.7 Å². The number of rotatable bonds is 8. The molecule has 32 heavy (non-hydrogen) atoms. The molecule has 0 bridgehead atoms. The molecule has 0 atom stereocenters. The van der Waals surface area contributed by atoms with Gasteiger partial charge in [0.15, 0.2) is 5.13 Å². The van der Waals surface area contributed by atoms with E-state index < -0.39 is 0 Å². The Labute approximate surface area is 188 Å². The average molecular weight is 449 g/mol. The Kier molecular flexibility index (Phi) is 5.55. The van der Waals surface area contributed by atoms with Crippen LogP contribution in [0, 0.1) is 12.8 Å². The second-order valence-electron chi connectivity index (χ2n) is 7.49. The Bertz CT molecular complexity index is 1220. The third kappa shape index (κ3) is 4.94. The molecule has 1 amide bonds. The number of hydrogen-bond acceptors (Lipinski definition) is 8. The first-order chi connectivity index (χ1) is 15.6. The highest BCUT2D eigenvalue weighted by atomic mass is 32.1. The predicted molar refractivity (Wildman–Crippen MR) is 119 cm³/mol. The number of benzene rings is 2. The predicted octanol–water partition coefficient (Wildman–Crippen LogP) is 5.33. The molecule has 2 aromatic heterocycles. The first kappa shape index (κ1) is 20.2. The summed E-state index contributed by atoms with van der Waals surface area (Å²) in [4.78, 5) is 16.8. The van der Waals surface area contributed by atoms with Crippen LogP contribution in [0.25, 0.3) is 11.5 Å². The molecule has 9 heteroatoms. The van der Waals surface area contributed by atoms with Gasteiger partial charge in [-0.05, 0) is 55.2 Å². The molecule has 162 valence electrons. The largest absolute Gasteiger partial charge is 0.493 e. The van der Waals surface area contributed by atoms with Crippen LogP contribution >= 0.6 is 11.3 Å². The van der Waals surface area contributed by atoms with Gasteiger partial charge in [0.25, 0.3) is 5.91 Å². The Balaban J connectivity index is 1.36. The molecule has 1 saturated carbocycles. The topological polar surface area (TPSA) is 99.4 Å². The van der Waals surface area contributed by atoms with Crippen LogP contribution in [-0.4, -0.2) is 27.7 Å². The van der Waals surface area contributed by atoms with Crippen LogP contribution in [-0.2, 0) is 0 Å². The zero-order valence-corrected chi connectivity index (χ0v) is 18.1. The Morgan fingerprint density at radius 1 is 1.12 bits per heavy atom. The molecule has 0 radical (unpaired) electrons. The summed E-state index contributed by atoms with van der Waals surface area (Å²) in [5.74, 6) is 2.98. The van der Waals surface area contributed by atoms with Gasteiger partial charge in [-0.2, -0.15) is 0 Å². The van der Waals surface area contributed by atoms with E-state index in [0.717, 1.165) is 5.56 Å². The molecule has 0 aliphatic heterocycles. The summed E-state index contributed by atoms with van der Waals surface area (Å²) >= 11 is 1.36. The molecule has 1 fully saturated rings. The van der Waals surface area contributed by atoms with Crippen molar-refractivity contribution in [1.29, 1.82) is 0 Å². The lowest BCUT2D eigenvalue weighted by molar-refractivity contribution is 0.102. The number of nitrogens with one attached hydrogen (secondary N) is 1. The van der Waals surface area contributed by atoms with Gasteiger partial charge >= 0.3 is 0 Å². The molecule has 5 rings (SSSR count). The number of hydrogen-bond donors (Lipinski definition) is 1. The van der Waals surface area contributed by atoms with Crippen molar-refractivity contribution in [2.24, 2.45) is 5.92 Å². The van der Waals surface area contributed by atoms with Gasteiger partial charge in [-0.15, -0.1) is 21.5 Å². The van der Waals surface area contributed by atoms with Crippen LogP contribution in [0.3, 0.4) is 0 Å². The maximum Gasteiger partial charge on any atom is 0.257 e. The van der Waals surface area contributed by atoms with E-state index in [1.807, 2.05) is 24.3 Å². The number of carbonyl (C=O) groups excluding carboxylic acids is 1. The quantitative estimate of drug-likeness (QED) is 0.389. The highest BCUT2D eigenvalue weighted by Crippen LogP contribution is 2.33. The maximum atomic E-state index is 12.7. The second kappa shape index (κ2) is 8.80. The fourth-order valence-electron chi connectivity index (χ4n) is 3.01. The van der Waals surface area contributed by atoms with Crippen molar-refractivity contribution in [3.05, 3.63) is 65.5 Å². The van der Waals surface area contributed by atoms with Gasteiger partial charge < -0.3 is 13.9 Å². The third-order valence-corrected chi connectivity index (χ3v) is 5.53. The lowest BCUT2D eigenvalue weighted by Gasteiger charge is -2.12. The van der Waals surface area contributed by atoms with Crippen LogP contribution in [0.4, 0.5) is 5.13 Å². The molecule has 2 aromatic carbocycles. The second-order valence-corrected chi connectivity index (χ2v) is 8.39. The normalized spacial score (nSPS) is 13.0. The monoisotopic (exact) mass is 448 g/mol. The number of aryl methyl sites for hydroxylation is 1. The number of anilines is 1. The smallest absolute Gasteiger partial charge is 0.257 e. The van der Waals surface area contributed by atoms with Gasteiger partial charge in [-0.25, -0.2) is 4.98 Å². The van der Waals surface area contributed by atoms with E-state index in [2.05, 4.69) is 20.5 Å². The van der Waals surface area contributed by atoms with Gasteiger partial charge in [0.05, 0.1) is 6.61 Å². The summed E-state index contributed by atoms with van der Waals surface area (Å²) in [6, 6.07) is 12.5. The van der Waals surface area contributed by atoms with E-state index in [1.165, 1.54) is 24.2 Å². The van der Waals surface area contributed by atoms with E-state index in [-0.39, 0.29) is 5.91 Å². The number of amides is 1.